The molecule has 0 radical (unpaired) electrons. The molecule has 33 heavy (non-hydrogen) atoms. The molecular weight excluding hydrogens is 414 g/mol. The van der Waals surface area contributed by atoms with E-state index in [0.717, 1.165) is 62.9 Å². The molecule has 174 valence electrons. The first-order chi connectivity index (χ1) is 16.2. The normalized spacial score (nSPS) is 16.4. The third kappa shape index (κ3) is 6.42. The standard InChI is InChI=1S/C26H33N5O2/c1-3-24-29-25(33-30-24)23-11-9-20(10-12-23)13-15-28-26(27-2)31-16-14-22(17-31)19-32-18-21-7-5-4-6-8-21/h4-12,22H,3,13-19H2,1-2H3,(H,27,28). The molecule has 1 unspecified atom stereocenters. The molecular formula is C26H33N5O2. The maximum absolute atomic E-state index is 5.95. The van der Waals surface area contributed by atoms with Gasteiger partial charge in [0.2, 0.25) is 0 Å². The number of aliphatic imine (C=N–C) groups is 1. The molecule has 1 aliphatic rings. The first-order valence-corrected chi connectivity index (χ1v) is 11.7. The van der Waals surface area contributed by atoms with Crippen LogP contribution in [0.4, 0.5) is 0 Å². The van der Waals surface area contributed by atoms with Crippen LogP contribution in [0.2, 0.25) is 0 Å². The molecule has 3 aromatic rings. The van der Waals surface area contributed by atoms with Crippen LogP contribution in [0.15, 0.2) is 64.1 Å². The van der Waals surface area contributed by atoms with Crippen molar-refractivity contribution in [2.45, 2.75) is 32.8 Å². The van der Waals surface area contributed by atoms with E-state index in [4.69, 9.17) is 9.26 Å². The van der Waals surface area contributed by atoms with Crippen LogP contribution in [0.5, 0.6) is 0 Å². The molecule has 1 atom stereocenters. The van der Waals surface area contributed by atoms with Gasteiger partial charge in [0, 0.05) is 44.6 Å². The third-order valence-electron chi connectivity index (χ3n) is 5.94. The Hall–Kier alpha value is -3.19. The van der Waals surface area contributed by atoms with E-state index in [-0.39, 0.29) is 0 Å². The number of likely N-dealkylation sites (tertiary alicyclic amines) is 1. The summed E-state index contributed by atoms with van der Waals surface area (Å²) in [6.07, 6.45) is 2.82. The van der Waals surface area contributed by atoms with Crippen molar-refractivity contribution in [3.05, 3.63) is 71.5 Å². The summed E-state index contributed by atoms with van der Waals surface area (Å²) >= 11 is 0. The van der Waals surface area contributed by atoms with Gasteiger partial charge in [-0.3, -0.25) is 4.99 Å². The molecule has 2 aromatic carbocycles. The zero-order chi connectivity index (χ0) is 22.9. The summed E-state index contributed by atoms with van der Waals surface area (Å²) in [6.45, 7) is 6.30. The number of nitrogens with zero attached hydrogens (tertiary/aromatic N) is 4. The number of aromatic nitrogens is 2. The molecule has 1 N–H and O–H groups in total. The first-order valence-electron chi connectivity index (χ1n) is 11.7. The first kappa shape index (κ1) is 23.0. The Balaban J connectivity index is 1.19. The Morgan fingerprint density at radius 1 is 1.15 bits per heavy atom. The summed E-state index contributed by atoms with van der Waals surface area (Å²) in [5.74, 6) is 2.82. The molecule has 0 amide bonds. The number of rotatable bonds is 9. The second-order valence-electron chi connectivity index (χ2n) is 8.39. The molecule has 1 saturated heterocycles. The minimum absolute atomic E-state index is 0.540. The van der Waals surface area contributed by atoms with E-state index in [1.54, 1.807) is 0 Å². The number of hydrogen-bond donors (Lipinski definition) is 1. The van der Waals surface area contributed by atoms with Crippen LogP contribution in [0.25, 0.3) is 11.5 Å². The van der Waals surface area contributed by atoms with Gasteiger partial charge < -0.3 is 19.5 Å². The maximum atomic E-state index is 5.95. The van der Waals surface area contributed by atoms with E-state index in [0.29, 0.717) is 18.4 Å². The number of benzene rings is 2. The fraction of sp³-hybridized carbons (Fsp3) is 0.423. The van der Waals surface area contributed by atoms with Crippen molar-refractivity contribution in [1.82, 2.24) is 20.4 Å². The third-order valence-corrected chi connectivity index (χ3v) is 5.94. The van der Waals surface area contributed by atoms with Gasteiger partial charge in [-0.1, -0.05) is 54.5 Å². The van der Waals surface area contributed by atoms with Gasteiger partial charge in [-0.25, -0.2) is 0 Å². The van der Waals surface area contributed by atoms with Gasteiger partial charge in [-0.15, -0.1) is 0 Å². The van der Waals surface area contributed by atoms with Gasteiger partial charge in [-0.2, -0.15) is 4.98 Å². The molecule has 0 saturated carbocycles. The molecule has 0 aliphatic carbocycles. The quantitative estimate of drug-likeness (QED) is 0.395. The highest BCUT2D eigenvalue weighted by Gasteiger charge is 2.24. The smallest absolute Gasteiger partial charge is 0.257 e. The zero-order valence-electron chi connectivity index (χ0n) is 19.5. The van der Waals surface area contributed by atoms with E-state index >= 15 is 0 Å². The van der Waals surface area contributed by atoms with Crippen LogP contribution in [0.3, 0.4) is 0 Å². The van der Waals surface area contributed by atoms with E-state index in [1.807, 2.05) is 32.2 Å². The van der Waals surface area contributed by atoms with Crippen molar-refractivity contribution in [1.29, 1.82) is 0 Å². The maximum Gasteiger partial charge on any atom is 0.257 e. The van der Waals surface area contributed by atoms with Crippen molar-refractivity contribution >= 4 is 5.96 Å². The van der Waals surface area contributed by atoms with Crippen molar-refractivity contribution in [2.24, 2.45) is 10.9 Å². The molecule has 0 spiro atoms. The lowest BCUT2D eigenvalue weighted by Crippen LogP contribution is -2.41. The fourth-order valence-corrected chi connectivity index (χ4v) is 4.06. The van der Waals surface area contributed by atoms with E-state index in [1.165, 1.54) is 11.1 Å². The molecule has 4 rings (SSSR count). The summed E-state index contributed by atoms with van der Waals surface area (Å²) in [4.78, 5) is 11.2. The Bertz CT molecular complexity index is 1020. The number of hydrogen-bond acceptors (Lipinski definition) is 5. The second kappa shape index (κ2) is 11.6. The number of nitrogens with one attached hydrogen (secondary N) is 1. The molecule has 1 aliphatic heterocycles. The Morgan fingerprint density at radius 2 is 1.97 bits per heavy atom. The Kier molecular flexibility index (Phi) is 8.09. The van der Waals surface area contributed by atoms with Crippen LogP contribution in [0.1, 0.15) is 30.3 Å². The molecule has 7 nitrogen and oxygen atoms in total. The molecule has 1 aromatic heterocycles. The average Bonchev–Trinajstić information content (AvgIpc) is 3.53. The van der Waals surface area contributed by atoms with Gasteiger partial charge in [0.25, 0.3) is 5.89 Å². The van der Waals surface area contributed by atoms with E-state index in [9.17, 15) is 0 Å². The van der Waals surface area contributed by atoms with Crippen LogP contribution < -0.4 is 5.32 Å². The van der Waals surface area contributed by atoms with Crippen LogP contribution >= 0.6 is 0 Å². The largest absolute Gasteiger partial charge is 0.376 e. The predicted molar refractivity (Wildman–Crippen MR) is 130 cm³/mol. The molecule has 2 heterocycles. The highest BCUT2D eigenvalue weighted by molar-refractivity contribution is 5.80. The molecule has 1 fully saturated rings. The average molecular weight is 448 g/mol. The molecule has 0 bridgehead atoms. The number of guanidine groups is 1. The van der Waals surface area contributed by atoms with Crippen molar-refractivity contribution < 1.29 is 9.26 Å². The Labute approximate surface area is 195 Å². The number of ether oxygens (including phenoxy) is 1. The van der Waals surface area contributed by atoms with Crippen molar-refractivity contribution in [3.63, 3.8) is 0 Å². The highest BCUT2D eigenvalue weighted by atomic mass is 16.5. The van der Waals surface area contributed by atoms with Gasteiger partial charge in [0.1, 0.15) is 0 Å². The van der Waals surface area contributed by atoms with Crippen molar-refractivity contribution in [3.8, 4) is 11.5 Å². The van der Waals surface area contributed by atoms with Crippen LogP contribution in [-0.4, -0.2) is 54.3 Å². The lowest BCUT2D eigenvalue weighted by molar-refractivity contribution is 0.0907. The summed E-state index contributed by atoms with van der Waals surface area (Å²) in [5, 5.41) is 7.48. The SMILES string of the molecule is CCc1noc(-c2ccc(CCNC(=NC)N3CCC(COCc4ccccc4)C3)cc2)n1. The van der Waals surface area contributed by atoms with Gasteiger partial charge in [0.15, 0.2) is 11.8 Å². The lowest BCUT2D eigenvalue weighted by Gasteiger charge is -2.21. The van der Waals surface area contributed by atoms with Crippen molar-refractivity contribution in [2.75, 3.05) is 33.3 Å². The summed E-state index contributed by atoms with van der Waals surface area (Å²) in [7, 11) is 1.85. The topological polar surface area (TPSA) is 75.8 Å². The summed E-state index contributed by atoms with van der Waals surface area (Å²) in [5.41, 5.74) is 3.43. The summed E-state index contributed by atoms with van der Waals surface area (Å²) in [6, 6.07) is 18.7. The minimum Gasteiger partial charge on any atom is -0.376 e. The predicted octanol–water partition coefficient (Wildman–Crippen LogP) is 3.96. The monoisotopic (exact) mass is 447 g/mol. The highest BCUT2D eigenvalue weighted by Crippen LogP contribution is 2.19. The lowest BCUT2D eigenvalue weighted by atomic mass is 10.1. The van der Waals surface area contributed by atoms with Gasteiger partial charge in [0.05, 0.1) is 13.2 Å². The Morgan fingerprint density at radius 3 is 2.70 bits per heavy atom. The van der Waals surface area contributed by atoms with Crippen LogP contribution in [0, 0.1) is 5.92 Å². The second-order valence-corrected chi connectivity index (χ2v) is 8.39. The zero-order valence-corrected chi connectivity index (χ0v) is 19.5. The number of aryl methyl sites for hydroxylation is 1. The fourth-order valence-electron chi connectivity index (χ4n) is 4.06. The summed E-state index contributed by atoms with van der Waals surface area (Å²) < 4.78 is 11.3. The van der Waals surface area contributed by atoms with Crippen LogP contribution in [-0.2, 0) is 24.2 Å². The van der Waals surface area contributed by atoms with Gasteiger partial charge >= 0.3 is 0 Å². The van der Waals surface area contributed by atoms with E-state index in [2.05, 4.69) is 61.7 Å². The van der Waals surface area contributed by atoms with E-state index < -0.39 is 0 Å². The minimum atomic E-state index is 0.540. The van der Waals surface area contributed by atoms with Gasteiger partial charge in [-0.05, 0) is 36.1 Å². The molecule has 7 heteroatoms.